The topological polar surface area (TPSA) is 76.4 Å². The number of halogens is 1. The molecule has 3 rings (SSSR count). The summed E-state index contributed by atoms with van der Waals surface area (Å²) in [5.74, 6) is -0.0550. The first-order valence-corrected chi connectivity index (χ1v) is 8.08. The van der Waals surface area contributed by atoms with Gasteiger partial charge in [0.15, 0.2) is 5.82 Å². The molecule has 0 aromatic carbocycles. The van der Waals surface area contributed by atoms with Crippen LogP contribution < -0.4 is 4.90 Å². The van der Waals surface area contributed by atoms with Gasteiger partial charge >= 0.3 is 0 Å². The zero-order valence-electron chi connectivity index (χ0n) is 14.4. The molecule has 1 aliphatic rings. The molecule has 0 N–H and O–H groups in total. The smallest absolute Gasteiger partial charge is 0.248 e. The maximum absolute atomic E-state index is 13.0. The number of fused-ring (bicyclic) bond motifs is 1. The minimum Gasteiger partial charge on any atom is -0.365 e. The van der Waals surface area contributed by atoms with E-state index >= 15 is 0 Å². The van der Waals surface area contributed by atoms with Gasteiger partial charge in [-0.1, -0.05) is 0 Å². The molecular formula is C16H21FN6O2. The Balaban J connectivity index is 1.70. The molecule has 2 aromatic rings. The highest BCUT2D eigenvalue weighted by atomic mass is 19.1. The number of anilines is 1. The summed E-state index contributed by atoms with van der Waals surface area (Å²) < 4.78 is 20.6. The van der Waals surface area contributed by atoms with Gasteiger partial charge in [0.1, 0.15) is 6.61 Å². The first-order chi connectivity index (χ1) is 12.0. The number of hydrogen-bond acceptors (Lipinski definition) is 6. The molecule has 0 radical (unpaired) electrons. The third-order valence-corrected chi connectivity index (χ3v) is 4.05. The molecule has 2 aromatic heterocycles. The van der Waals surface area contributed by atoms with E-state index in [-0.39, 0.29) is 19.1 Å². The van der Waals surface area contributed by atoms with E-state index in [4.69, 9.17) is 4.74 Å². The Morgan fingerprint density at radius 2 is 2.04 bits per heavy atom. The summed E-state index contributed by atoms with van der Waals surface area (Å²) in [5, 5.41) is 0. The lowest BCUT2D eigenvalue weighted by molar-refractivity contribution is -0.134. The van der Waals surface area contributed by atoms with Crippen LogP contribution in [0.2, 0.25) is 0 Å². The highest BCUT2D eigenvalue weighted by molar-refractivity contribution is 5.76. The van der Waals surface area contributed by atoms with E-state index in [1.807, 2.05) is 4.90 Å². The van der Waals surface area contributed by atoms with Crippen molar-refractivity contribution in [3.05, 3.63) is 35.9 Å². The van der Waals surface area contributed by atoms with E-state index in [0.717, 1.165) is 30.9 Å². The van der Waals surface area contributed by atoms with Gasteiger partial charge in [0.25, 0.3) is 0 Å². The molecule has 1 aliphatic heterocycles. The Morgan fingerprint density at radius 3 is 2.76 bits per heavy atom. The largest absolute Gasteiger partial charge is 0.365 e. The van der Waals surface area contributed by atoms with Gasteiger partial charge in [-0.2, -0.15) is 0 Å². The van der Waals surface area contributed by atoms with Gasteiger partial charge in [-0.25, -0.2) is 19.3 Å². The lowest BCUT2D eigenvalue weighted by atomic mass is 10.3. The summed E-state index contributed by atoms with van der Waals surface area (Å²) in [6.07, 6.45) is 5.03. The molecule has 8 nitrogen and oxygen atoms in total. The van der Waals surface area contributed by atoms with Crippen molar-refractivity contribution in [1.29, 1.82) is 0 Å². The summed E-state index contributed by atoms with van der Waals surface area (Å²) in [6.45, 7) is 2.44. The third-order valence-electron chi connectivity index (χ3n) is 4.05. The van der Waals surface area contributed by atoms with Crippen LogP contribution in [0.1, 0.15) is 17.8 Å². The molecule has 0 spiro atoms. The summed E-state index contributed by atoms with van der Waals surface area (Å²) in [5.41, 5.74) is 1.79. The molecular weight excluding hydrogens is 327 g/mol. The number of aromatic nitrogens is 4. The second-order valence-electron chi connectivity index (χ2n) is 6.09. The second kappa shape index (κ2) is 7.56. The quantitative estimate of drug-likeness (QED) is 0.797. The summed E-state index contributed by atoms with van der Waals surface area (Å²) in [7, 11) is 3.38. The van der Waals surface area contributed by atoms with Gasteiger partial charge in [0, 0.05) is 27.2 Å². The number of amides is 1. The Kier molecular flexibility index (Phi) is 5.22. The molecule has 0 saturated carbocycles. The van der Waals surface area contributed by atoms with Crippen LogP contribution in [-0.2, 0) is 29.2 Å². The van der Waals surface area contributed by atoms with Crippen molar-refractivity contribution in [1.82, 2.24) is 24.4 Å². The zero-order valence-corrected chi connectivity index (χ0v) is 14.4. The molecule has 0 unspecified atom stereocenters. The van der Waals surface area contributed by atoms with Crippen molar-refractivity contribution in [2.45, 2.75) is 26.1 Å². The lowest BCUT2D eigenvalue weighted by Crippen LogP contribution is -2.27. The van der Waals surface area contributed by atoms with E-state index in [9.17, 15) is 9.18 Å². The van der Waals surface area contributed by atoms with Crippen molar-refractivity contribution in [3.8, 4) is 0 Å². The summed E-state index contributed by atoms with van der Waals surface area (Å²) in [6, 6.07) is 0. The average molecular weight is 348 g/mol. The molecule has 0 bridgehead atoms. The van der Waals surface area contributed by atoms with E-state index in [1.165, 1.54) is 17.3 Å². The van der Waals surface area contributed by atoms with Gasteiger partial charge in [0.2, 0.25) is 11.9 Å². The van der Waals surface area contributed by atoms with Crippen molar-refractivity contribution < 1.29 is 13.9 Å². The maximum atomic E-state index is 13.0. The van der Waals surface area contributed by atoms with Crippen LogP contribution >= 0.6 is 0 Å². The number of aryl methyl sites for hydroxylation is 1. The summed E-state index contributed by atoms with van der Waals surface area (Å²) in [4.78, 5) is 27.6. The molecule has 134 valence electrons. The SMILES string of the molecule is CN(C)C(=O)COCc1ncn2c1CN(c1ncc(F)cn1)CCC2. The molecule has 1 amide bonds. The highest BCUT2D eigenvalue weighted by Crippen LogP contribution is 2.20. The number of likely N-dealkylation sites (N-methyl/N-ethyl adjacent to an activating group) is 1. The van der Waals surface area contributed by atoms with Gasteiger partial charge in [-0.05, 0) is 6.42 Å². The van der Waals surface area contributed by atoms with Crippen LogP contribution in [-0.4, -0.2) is 57.6 Å². The van der Waals surface area contributed by atoms with Gasteiger partial charge in [0.05, 0.1) is 43.3 Å². The number of hydrogen-bond donors (Lipinski definition) is 0. The molecule has 25 heavy (non-hydrogen) atoms. The second-order valence-corrected chi connectivity index (χ2v) is 6.09. The van der Waals surface area contributed by atoms with Crippen molar-refractivity contribution >= 4 is 11.9 Å². The lowest BCUT2D eigenvalue weighted by Gasteiger charge is -2.20. The Labute approximate surface area is 145 Å². The molecule has 9 heteroatoms. The fourth-order valence-corrected chi connectivity index (χ4v) is 2.64. The first kappa shape index (κ1) is 17.3. The molecule has 0 fully saturated rings. The third kappa shape index (κ3) is 4.11. The Morgan fingerprint density at radius 1 is 1.28 bits per heavy atom. The van der Waals surface area contributed by atoms with Crippen molar-refractivity contribution in [3.63, 3.8) is 0 Å². The number of carbonyl (C=O) groups is 1. The number of carbonyl (C=O) groups excluding carboxylic acids is 1. The summed E-state index contributed by atoms with van der Waals surface area (Å²) >= 11 is 0. The maximum Gasteiger partial charge on any atom is 0.248 e. The minimum absolute atomic E-state index is 0.0179. The van der Waals surface area contributed by atoms with E-state index < -0.39 is 5.82 Å². The average Bonchev–Trinajstić information content (AvgIpc) is 2.84. The molecule has 0 aliphatic carbocycles. The fraction of sp³-hybridized carbons (Fsp3) is 0.500. The monoisotopic (exact) mass is 348 g/mol. The van der Waals surface area contributed by atoms with Crippen LogP contribution in [0.15, 0.2) is 18.7 Å². The van der Waals surface area contributed by atoms with Gasteiger partial charge in [-0.15, -0.1) is 0 Å². The van der Waals surface area contributed by atoms with Gasteiger partial charge in [-0.3, -0.25) is 4.79 Å². The van der Waals surface area contributed by atoms with Crippen LogP contribution in [0.3, 0.4) is 0 Å². The zero-order chi connectivity index (χ0) is 17.8. The first-order valence-electron chi connectivity index (χ1n) is 8.08. The normalized spacial score (nSPS) is 14.1. The number of imidazole rings is 1. The highest BCUT2D eigenvalue weighted by Gasteiger charge is 2.20. The van der Waals surface area contributed by atoms with Crippen molar-refractivity contribution in [2.24, 2.45) is 0 Å². The Bertz CT molecular complexity index is 731. The van der Waals surface area contributed by atoms with Crippen LogP contribution in [0.5, 0.6) is 0 Å². The predicted molar refractivity (Wildman–Crippen MR) is 88.2 cm³/mol. The van der Waals surface area contributed by atoms with E-state index in [1.54, 1.807) is 20.4 Å². The molecule has 0 atom stereocenters. The van der Waals surface area contributed by atoms with Crippen molar-refractivity contribution in [2.75, 3.05) is 32.1 Å². The Hall–Kier alpha value is -2.55. The minimum atomic E-state index is -0.455. The molecule has 0 saturated heterocycles. The standard InChI is InChI=1S/C16H21FN6O2/c1-21(2)15(24)10-25-9-13-14-8-22(4-3-5-23(14)11-20-13)16-18-6-12(17)7-19-16/h6-7,11H,3-5,8-10H2,1-2H3. The van der Waals surface area contributed by atoms with Crippen LogP contribution in [0.25, 0.3) is 0 Å². The van der Waals surface area contributed by atoms with E-state index in [2.05, 4.69) is 19.5 Å². The van der Waals surface area contributed by atoms with E-state index in [0.29, 0.717) is 12.5 Å². The molecule has 3 heterocycles. The van der Waals surface area contributed by atoms with Gasteiger partial charge < -0.3 is 19.1 Å². The number of rotatable bonds is 5. The van der Waals surface area contributed by atoms with Crippen LogP contribution in [0, 0.1) is 5.82 Å². The van der Waals surface area contributed by atoms with Crippen LogP contribution in [0.4, 0.5) is 10.3 Å². The number of nitrogens with zero attached hydrogens (tertiary/aromatic N) is 6. The number of ether oxygens (including phenoxy) is 1. The predicted octanol–water partition coefficient (Wildman–Crippen LogP) is 0.827. The fourth-order valence-electron chi connectivity index (χ4n) is 2.64.